The van der Waals surface area contributed by atoms with Gasteiger partial charge in [-0.1, -0.05) is 41.6 Å². The molecule has 0 spiro atoms. The zero-order valence-electron chi connectivity index (χ0n) is 15.9. The molecule has 0 aliphatic carbocycles. The van der Waals surface area contributed by atoms with Crippen molar-refractivity contribution in [3.8, 4) is 5.75 Å². The zero-order valence-corrected chi connectivity index (χ0v) is 15.9. The van der Waals surface area contributed by atoms with Crippen LogP contribution in [0.5, 0.6) is 5.75 Å². The van der Waals surface area contributed by atoms with E-state index < -0.39 is 0 Å². The van der Waals surface area contributed by atoms with E-state index in [0.717, 1.165) is 22.6 Å². The molecule has 5 heteroatoms. The minimum Gasteiger partial charge on any atom is -0.489 e. The highest BCUT2D eigenvalue weighted by Crippen LogP contribution is 2.20. The van der Waals surface area contributed by atoms with Crippen LogP contribution in [0.3, 0.4) is 0 Å². The van der Waals surface area contributed by atoms with Crippen LogP contribution in [0.2, 0.25) is 0 Å². The van der Waals surface area contributed by atoms with Crippen LogP contribution in [-0.2, 0) is 13.2 Å². The van der Waals surface area contributed by atoms with E-state index >= 15 is 0 Å². The van der Waals surface area contributed by atoms with Crippen LogP contribution >= 0.6 is 0 Å². The van der Waals surface area contributed by atoms with Gasteiger partial charge >= 0.3 is 0 Å². The summed E-state index contributed by atoms with van der Waals surface area (Å²) in [5.74, 6) is 1.39. The van der Waals surface area contributed by atoms with Gasteiger partial charge in [0, 0.05) is 18.7 Å². The second kappa shape index (κ2) is 8.54. The Morgan fingerprint density at radius 2 is 1.89 bits per heavy atom. The van der Waals surface area contributed by atoms with Crippen LogP contribution in [0.1, 0.15) is 39.9 Å². The maximum Gasteiger partial charge on any atom is 0.254 e. The van der Waals surface area contributed by atoms with Crippen molar-refractivity contribution in [1.29, 1.82) is 0 Å². The van der Waals surface area contributed by atoms with Crippen LogP contribution in [0.4, 0.5) is 0 Å². The lowest BCUT2D eigenvalue weighted by molar-refractivity contribution is 0.0752. The van der Waals surface area contributed by atoms with Crippen molar-refractivity contribution in [2.24, 2.45) is 0 Å². The Labute approximate surface area is 159 Å². The highest BCUT2D eigenvalue weighted by molar-refractivity contribution is 5.94. The van der Waals surface area contributed by atoms with Gasteiger partial charge in [-0.2, -0.15) is 0 Å². The van der Waals surface area contributed by atoms with Crippen molar-refractivity contribution < 1.29 is 14.1 Å². The predicted octanol–water partition coefficient (Wildman–Crippen LogP) is 4.53. The molecule has 0 N–H and O–H groups in total. The van der Waals surface area contributed by atoms with Crippen LogP contribution in [0.15, 0.2) is 59.1 Å². The third-order valence-electron chi connectivity index (χ3n) is 4.53. The largest absolute Gasteiger partial charge is 0.489 e. The predicted molar refractivity (Wildman–Crippen MR) is 104 cm³/mol. The van der Waals surface area contributed by atoms with Gasteiger partial charge in [0.2, 0.25) is 0 Å². The van der Waals surface area contributed by atoms with Gasteiger partial charge < -0.3 is 14.2 Å². The van der Waals surface area contributed by atoms with Gasteiger partial charge in [-0.05, 0) is 44.5 Å². The number of ether oxygens (including phenoxy) is 1. The van der Waals surface area contributed by atoms with Crippen molar-refractivity contribution in [2.75, 3.05) is 6.54 Å². The summed E-state index contributed by atoms with van der Waals surface area (Å²) in [5.41, 5.74) is 3.48. The third kappa shape index (κ3) is 4.56. The molecule has 0 bridgehead atoms. The van der Waals surface area contributed by atoms with Gasteiger partial charge in [-0.25, -0.2) is 0 Å². The average Bonchev–Trinajstić information content (AvgIpc) is 3.02. The average molecular weight is 364 g/mol. The summed E-state index contributed by atoms with van der Waals surface area (Å²) in [6, 6.07) is 17.3. The number of hydrogen-bond donors (Lipinski definition) is 0. The molecule has 3 aromatic rings. The van der Waals surface area contributed by atoms with E-state index in [2.05, 4.69) is 5.16 Å². The summed E-state index contributed by atoms with van der Waals surface area (Å²) in [6.07, 6.45) is 0. The number of carbonyl (C=O) groups is 1. The molecule has 0 saturated carbocycles. The van der Waals surface area contributed by atoms with Crippen LogP contribution in [-0.4, -0.2) is 22.5 Å². The Bertz CT molecular complexity index is 883. The van der Waals surface area contributed by atoms with Crippen LogP contribution in [0.25, 0.3) is 0 Å². The van der Waals surface area contributed by atoms with Crippen molar-refractivity contribution >= 4 is 5.91 Å². The molecule has 1 aromatic heterocycles. The molecule has 0 aliphatic rings. The molecule has 0 radical (unpaired) electrons. The fourth-order valence-electron chi connectivity index (χ4n) is 2.90. The Morgan fingerprint density at radius 3 is 2.56 bits per heavy atom. The van der Waals surface area contributed by atoms with E-state index in [0.29, 0.717) is 31.0 Å². The van der Waals surface area contributed by atoms with Crippen molar-refractivity contribution in [2.45, 2.75) is 33.9 Å². The molecule has 27 heavy (non-hydrogen) atoms. The van der Waals surface area contributed by atoms with E-state index in [-0.39, 0.29) is 5.91 Å². The first kappa shape index (κ1) is 18.7. The first-order valence-corrected chi connectivity index (χ1v) is 9.06. The van der Waals surface area contributed by atoms with E-state index in [9.17, 15) is 4.79 Å². The molecule has 0 saturated heterocycles. The van der Waals surface area contributed by atoms with Gasteiger partial charge in [0.1, 0.15) is 18.1 Å². The normalized spacial score (nSPS) is 10.6. The highest BCUT2D eigenvalue weighted by atomic mass is 16.5. The standard InChI is InChI=1S/C22H24N2O3/c1-4-24(14-18-9-6-5-7-10-18)22(25)19-11-8-12-20(13-19)26-15-21-16(2)23-27-17(21)3/h5-13H,4,14-15H2,1-3H3. The number of amides is 1. The number of benzene rings is 2. The monoisotopic (exact) mass is 364 g/mol. The summed E-state index contributed by atoms with van der Waals surface area (Å²) in [5, 5.41) is 3.93. The molecule has 2 aromatic carbocycles. The van der Waals surface area contributed by atoms with E-state index in [1.807, 2.05) is 74.2 Å². The van der Waals surface area contributed by atoms with E-state index in [1.54, 1.807) is 6.07 Å². The highest BCUT2D eigenvalue weighted by Gasteiger charge is 2.16. The molecule has 1 amide bonds. The Hall–Kier alpha value is -3.08. The third-order valence-corrected chi connectivity index (χ3v) is 4.53. The molecule has 5 nitrogen and oxygen atoms in total. The Balaban J connectivity index is 1.70. The maximum absolute atomic E-state index is 12.9. The topological polar surface area (TPSA) is 55.6 Å². The summed E-state index contributed by atoms with van der Waals surface area (Å²) in [7, 11) is 0. The SMILES string of the molecule is CCN(Cc1ccccc1)C(=O)c1cccc(OCc2c(C)noc2C)c1. The number of aryl methyl sites for hydroxylation is 2. The fourth-order valence-corrected chi connectivity index (χ4v) is 2.90. The number of rotatable bonds is 7. The van der Waals surface area contributed by atoms with Crippen LogP contribution < -0.4 is 4.74 Å². The fraction of sp³-hybridized carbons (Fsp3) is 0.273. The first-order valence-electron chi connectivity index (χ1n) is 9.06. The van der Waals surface area contributed by atoms with E-state index in [1.165, 1.54) is 0 Å². The summed E-state index contributed by atoms with van der Waals surface area (Å²) in [4.78, 5) is 14.7. The Kier molecular flexibility index (Phi) is 5.91. The molecule has 0 unspecified atom stereocenters. The second-order valence-corrected chi connectivity index (χ2v) is 6.42. The lowest BCUT2D eigenvalue weighted by atomic mass is 10.1. The van der Waals surface area contributed by atoms with Gasteiger partial charge in [0.25, 0.3) is 5.91 Å². The molecular weight excluding hydrogens is 340 g/mol. The van der Waals surface area contributed by atoms with Crippen LogP contribution in [0, 0.1) is 13.8 Å². The number of hydrogen-bond acceptors (Lipinski definition) is 4. The first-order chi connectivity index (χ1) is 13.1. The van der Waals surface area contributed by atoms with E-state index in [4.69, 9.17) is 9.26 Å². The van der Waals surface area contributed by atoms with Gasteiger partial charge in [0.05, 0.1) is 11.3 Å². The Morgan fingerprint density at radius 1 is 1.11 bits per heavy atom. The van der Waals surface area contributed by atoms with Crippen molar-refractivity contribution in [3.05, 3.63) is 82.7 Å². The number of nitrogens with zero attached hydrogens (tertiary/aromatic N) is 2. The molecule has 1 heterocycles. The molecule has 0 fully saturated rings. The summed E-state index contributed by atoms with van der Waals surface area (Å²) in [6.45, 7) is 7.32. The number of carbonyl (C=O) groups excluding carboxylic acids is 1. The summed E-state index contributed by atoms with van der Waals surface area (Å²) >= 11 is 0. The number of aromatic nitrogens is 1. The minimum atomic E-state index is -0.0101. The maximum atomic E-state index is 12.9. The second-order valence-electron chi connectivity index (χ2n) is 6.42. The minimum absolute atomic E-state index is 0.0101. The quantitative estimate of drug-likeness (QED) is 0.618. The smallest absolute Gasteiger partial charge is 0.254 e. The lowest BCUT2D eigenvalue weighted by Crippen LogP contribution is -2.30. The van der Waals surface area contributed by atoms with Gasteiger partial charge in [0.15, 0.2) is 0 Å². The molecular formula is C22H24N2O3. The van der Waals surface area contributed by atoms with Gasteiger partial charge in [-0.15, -0.1) is 0 Å². The summed E-state index contributed by atoms with van der Waals surface area (Å²) < 4.78 is 11.0. The molecule has 0 aliphatic heterocycles. The zero-order chi connectivity index (χ0) is 19.2. The van der Waals surface area contributed by atoms with Crippen molar-refractivity contribution in [3.63, 3.8) is 0 Å². The molecule has 0 atom stereocenters. The molecule has 3 rings (SSSR count). The van der Waals surface area contributed by atoms with Crippen molar-refractivity contribution in [1.82, 2.24) is 10.1 Å². The lowest BCUT2D eigenvalue weighted by Gasteiger charge is -2.21. The molecule has 140 valence electrons. The van der Waals surface area contributed by atoms with Gasteiger partial charge in [-0.3, -0.25) is 4.79 Å².